The maximum Gasteiger partial charge on any atom is 0.219 e. The van der Waals surface area contributed by atoms with E-state index in [1.807, 2.05) is 62.4 Å². The van der Waals surface area contributed by atoms with E-state index in [1.54, 1.807) is 18.6 Å². The van der Waals surface area contributed by atoms with Gasteiger partial charge in [0, 0.05) is 48.8 Å². The van der Waals surface area contributed by atoms with Gasteiger partial charge in [0.1, 0.15) is 11.3 Å². The molecule has 3 aromatic heterocycles. The minimum Gasteiger partial charge on any atom is -0.455 e. The van der Waals surface area contributed by atoms with E-state index in [-0.39, 0.29) is 0 Å². The van der Waals surface area contributed by atoms with Gasteiger partial charge in [0.15, 0.2) is 5.76 Å². The van der Waals surface area contributed by atoms with Gasteiger partial charge in [-0.1, -0.05) is 18.2 Å². The predicted octanol–water partition coefficient (Wildman–Crippen LogP) is 5.75. The Morgan fingerprint density at radius 1 is 0.966 bits per heavy atom. The molecular formula is C23H22N2O4. The molecule has 0 spiro atoms. The van der Waals surface area contributed by atoms with Gasteiger partial charge in [0.25, 0.3) is 0 Å². The van der Waals surface area contributed by atoms with Crippen LogP contribution in [-0.2, 0) is 9.47 Å². The zero-order valence-corrected chi connectivity index (χ0v) is 16.4. The van der Waals surface area contributed by atoms with Crippen molar-refractivity contribution in [2.24, 2.45) is 0 Å². The summed E-state index contributed by atoms with van der Waals surface area (Å²) in [4.78, 5) is 8.58. The van der Waals surface area contributed by atoms with Gasteiger partial charge in [0.05, 0.1) is 0 Å². The van der Waals surface area contributed by atoms with Crippen molar-refractivity contribution < 1.29 is 18.6 Å². The maximum absolute atomic E-state index is 6.14. The summed E-state index contributed by atoms with van der Waals surface area (Å²) < 4.78 is 23.3. The first-order valence-electron chi connectivity index (χ1n) is 9.58. The molecule has 0 saturated carbocycles. The number of hydrogen-bond donors (Lipinski definition) is 0. The Kier molecular flexibility index (Phi) is 5.84. The highest BCUT2D eigenvalue weighted by molar-refractivity contribution is 5.92. The van der Waals surface area contributed by atoms with Gasteiger partial charge in [-0.15, -0.1) is 0 Å². The molecule has 1 aromatic carbocycles. The van der Waals surface area contributed by atoms with Crippen LogP contribution in [0.3, 0.4) is 0 Å². The summed E-state index contributed by atoms with van der Waals surface area (Å²) in [6, 6.07) is 15.2. The first-order chi connectivity index (χ1) is 14.3. The number of aromatic nitrogens is 2. The smallest absolute Gasteiger partial charge is 0.219 e. The number of ether oxygens (including phenoxy) is 3. The van der Waals surface area contributed by atoms with Crippen molar-refractivity contribution >= 4 is 11.0 Å². The van der Waals surface area contributed by atoms with Gasteiger partial charge in [-0.25, -0.2) is 4.98 Å². The van der Waals surface area contributed by atoms with Crippen LogP contribution < -0.4 is 4.74 Å². The molecule has 4 rings (SSSR count). The summed E-state index contributed by atoms with van der Waals surface area (Å²) in [5.74, 6) is 1.85. The number of benzene rings is 1. The molecule has 148 valence electrons. The first-order valence-corrected chi connectivity index (χ1v) is 9.58. The van der Waals surface area contributed by atoms with Gasteiger partial charge in [-0.05, 0) is 43.7 Å². The Morgan fingerprint density at radius 3 is 2.59 bits per heavy atom. The topological polar surface area (TPSA) is 66.6 Å². The number of hydrogen-bond acceptors (Lipinski definition) is 6. The van der Waals surface area contributed by atoms with Crippen LogP contribution >= 0.6 is 0 Å². The number of rotatable bonds is 8. The highest BCUT2D eigenvalue weighted by atomic mass is 16.7. The molecule has 0 aliphatic rings. The summed E-state index contributed by atoms with van der Waals surface area (Å²) >= 11 is 0. The lowest BCUT2D eigenvalue weighted by molar-refractivity contribution is -0.150. The van der Waals surface area contributed by atoms with Crippen LogP contribution in [0.5, 0.6) is 11.6 Å². The molecule has 3 heterocycles. The Hall–Kier alpha value is -3.22. The summed E-state index contributed by atoms with van der Waals surface area (Å²) in [5, 5.41) is 0.887. The molecule has 0 aliphatic carbocycles. The van der Waals surface area contributed by atoms with Crippen molar-refractivity contribution in [3.63, 3.8) is 0 Å². The SMILES string of the molecule is CCOC(OCC)c1cc2cncc(-c3cccc(Oc4ccccn4)c3)c2o1. The van der Waals surface area contributed by atoms with Gasteiger partial charge in [-0.2, -0.15) is 0 Å². The molecule has 0 radical (unpaired) electrons. The van der Waals surface area contributed by atoms with E-state index in [0.717, 1.165) is 22.1 Å². The van der Waals surface area contributed by atoms with E-state index in [2.05, 4.69) is 9.97 Å². The molecule has 0 unspecified atom stereocenters. The Labute approximate surface area is 169 Å². The van der Waals surface area contributed by atoms with Crippen LogP contribution in [0.1, 0.15) is 25.9 Å². The number of pyridine rings is 2. The van der Waals surface area contributed by atoms with Gasteiger partial charge >= 0.3 is 0 Å². The second-order valence-corrected chi connectivity index (χ2v) is 6.29. The lowest BCUT2D eigenvalue weighted by atomic mass is 10.1. The van der Waals surface area contributed by atoms with Crippen molar-refractivity contribution in [3.05, 3.63) is 72.9 Å². The molecule has 6 nitrogen and oxygen atoms in total. The van der Waals surface area contributed by atoms with Crippen molar-refractivity contribution in [2.45, 2.75) is 20.1 Å². The zero-order valence-electron chi connectivity index (χ0n) is 16.4. The van der Waals surface area contributed by atoms with Crippen LogP contribution in [0.2, 0.25) is 0 Å². The predicted molar refractivity (Wildman–Crippen MR) is 110 cm³/mol. The average molecular weight is 390 g/mol. The van der Waals surface area contributed by atoms with E-state index in [0.29, 0.717) is 30.6 Å². The van der Waals surface area contributed by atoms with Gasteiger partial charge < -0.3 is 18.6 Å². The number of furan rings is 1. The van der Waals surface area contributed by atoms with E-state index in [4.69, 9.17) is 18.6 Å². The minimum atomic E-state index is -0.538. The second-order valence-electron chi connectivity index (χ2n) is 6.29. The molecule has 29 heavy (non-hydrogen) atoms. The summed E-state index contributed by atoms with van der Waals surface area (Å²) in [7, 11) is 0. The molecule has 6 heteroatoms. The van der Waals surface area contributed by atoms with E-state index < -0.39 is 6.29 Å². The highest BCUT2D eigenvalue weighted by Gasteiger charge is 2.19. The van der Waals surface area contributed by atoms with Gasteiger partial charge in [-0.3, -0.25) is 4.98 Å². The molecule has 0 saturated heterocycles. The Bertz CT molecular complexity index is 1070. The van der Waals surface area contributed by atoms with Crippen LogP contribution in [0, 0.1) is 0 Å². The third-order valence-corrected chi connectivity index (χ3v) is 4.32. The first kappa shape index (κ1) is 19.1. The van der Waals surface area contributed by atoms with Gasteiger partial charge in [0.2, 0.25) is 12.2 Å². The largest absolute Gasteiger partial charge is 0.455 e. The maximum atomic E-state index is 6.14. The molecule has 4 aromatic rings. The lowest BCUT2D eigenvalue weighted by Crippen LogP contribution is -2.07. The normalized spacial score (nSPS) is 11.3. The minimum absolute atomic E-state index is 0.528. The fourth-order valence-corrected chi connectivity index (χ4v) is 3.07. The summed E-state index contributed by atoms with van der Waals surface area (Å²) in [6.07, 6.45) is 4.71. The van der Waals surface area contributed by atoms with Crippen LogP contribution in [0.15, 0.2) is 71.5 Å². The fourth-order valence-electron chi connectivity index (χ4n) is 3.07. The zero-order chi connectivity index (χ0) is 20.1. The molecule has 0 fully saturated rings. The summed E-state index contributed by atoms with van der Waals surface area (Å²) in [6.45, 7) is 4.91. The number of fused-ring (bicyclic) bond motifs is 1. The van der Waals surface area contributed by atoms with E-state index in [9.17, 15) is 0 Å². The third kappa shape index (κ3) is 4.29. The van der Waals surface area contributed by atoms with Crippen molar-refractivity contribution in [1.82, 2.24) is 9.97 Å². The van der Waals surface area contributed by atoms with E-state index >= 15 is 0 Å². The van der Waals surface area contributed by atoms with E-state index in [1.165, 1.54) is 0 Å². The molecule has 0 atom stereocenters. The Balaban J connectivity index is 1.69. The highest BCUT2D eigenvalue weighted by Crippen LogP contribution is 2.35. The monoisotopic (exact) mass is 390 g/mol. The van der Waals surface area contributed by atoms with Crippen LogP contribution in [0.4, 0.5) is 0 Å². The molecule has 0 N–H and O–H groups in total. The van der Waals surface area contributed by atoms with Crippen LogP contribution in [0.25, 0.3) is 22.1 Å². The third-order valence-electron chi connectivity index (χ3n) is 4.32. The molecular weight excluding hydrogens is 368 g/mol. The quantitative estimate of drug-likeness (QED) is 0.357. The van der Waals surface area contributed by atoms with Crippen molar-refractivity contribution in [2.75, 3.05) is 13.2 Å². The molecule has 0 aliphatic heterocycles. The second kappa shape index (κ2) is 8.86. The number of nitrogens with zero attached hydrogens (tertiary/aromatic N) is 2. The Morgan fingerprint density at radius 2 is 1.83 bits per heavy atom. The van der Waals surface area contributed by atoms with Crippen molar-refractivity contribution in [3.8, 4) is 22.8 Å². The van der Waals surface area contributed by atoms with Crippen molar-refractivity contribution in [1.29, 1.82) is 0 Å². The van der Waals surface area contributed by atoms with Crippen LogP contribution in [-0.4, -0.2) is 23.2 Å². The summed E-state index contributed by atoms with van der Waals surface area (Å²) in [5.41, 5.74) is 2.53. The lowest BCUT2D eigenvalue weighted by Gasteiger charge is -2.13. The fraction of sp³-hybridized carbons (Fsp3) is 0.217. The molecule has 0 amide bonds. The average Bonchev–Trinajstić information content (AvgIpc) is 3.19. The molecule has 0 bridgehead atoms. The standard InChI is InChI=1S/C23H22N2O4/c1-3-26-23(27-4-2)20-13-17-14-24-15-19(22(17)29-20)16-8-7-9-18(12-16)28-21-10-5-6-11-25-21/h5-15,23H,3-4H2,1-2H3.